The number of hydrogen-bond donors (Lipinski definition) is 0. The van der Waals surface area contributed by atoms with Crippen LogP contribution < -0.4 is 0 Å². The van der Waals surface area contributed by atoms with E-state index in [1.807, 2.05) is 0 Å². The number of amides is 2. The largest absolute Gasteiger partial charge is 0.373 e. The van der Waals surface area contributed by atoms with Gasteiger partial charge in [0.1, 0.15) is 0 Å². The lowest BCUT2D eigenvalue weighted by Crippen LogP contribution is -2.45. The van der Waals surface area contributed by atoms with Crippen molar-refractivity contribution in [2.45, 2.75) is 38.9 Å². The van der Waals surface area contributed by atoms with Gasteiger partial charge in [0.2, 0.25) is 11.8 Å². The van der Waals surface area contributed by atoms with Gasteiger partial charge in [-0.05, 0) is 13.8 Å². The molecule has 0 radical (unpaired) electrons. The van der Waals surface area contributed by atoms with Crippen LogP contribution in [0, 0.1) is 11.8 Å². The molecule has 2 rings (SSSR count). The molecule has 2 amide bonds. The van der Waals surface area contributed by atoms with E-state index in [1.165, 1.54) is 4.90 Å². The van der Waals surface area contributed by atoms with Crippen LogP contribution in [0.15, 0.2) is 0 Å². The fourth-order valence-electron chi connectivity index (χ4n) is 2.52. The summed E-state index contributed by atoms with van der Waals surface area (Å²) in [4.78, 5) is 26.2. The lowest BCUT2D eigenvalue weighted by molar-refractivity contribution is -0.137. The quantitative estimate of drug-likeness (QED) is 0.530. The Kier molecular flexibility index (Phi) is 4.56. The highest BCUT2D eigenvalue weighted by atomic mass is 16.5. The van der Waals surface area contributed by atoms with Gasteiger partial charge in [0, 0.05) is 25.9 Å². The molecule has 2 atom stereocenters. The molecule has 5 heteroatoms. The van der Waals surface area contributed by atoms with E-state index >= 15 is 0 Å². The van der Waals surface area contributed by atoms with Crippen molar-refractivity contribution in [3.63, 3.8) is 0 Å². The number of carbonyl (C=O) groups is 2. The molecule has 2 heterocycles. The van der Waals surface area contributed by atoms with Crippen LogP contribution in [0.4, 0.5) is 0 Å². The number of likely N-dealkylation sites (tertiary alicyclic amines) is 1. The molecule has 2 unspecified atom stereocenters. The van der Waals surface area contributed by atoms with E-state index in [4.69, 9.17) is 4.74 Å². The monoisotopic (exact) mass is 264 g/mol. The van der Waals surface area contributed by atoms with Crippen molar-refractivity contribution in [2.75, 3.05) is 26.2 Å². The van der Waals surface area contributed by atoms with Gasteiger partial charge in [0.15, 0.2) is 0 Å². The second-order valence-corrected chi connectivity index (χ2v) is 5.18. The second-order valence-electron chi connectivity index (χ2n) is 5.18. The second kappa shape index (κ2) is 6.18. The maximum Gasteiger partial charge on any atom is 0.230 e. The molecule has 0 aliphatic carbocycles. The lowest BCUT2D eigenvalue weighted by atomic mass is 10.2. The van der Waals surface area contributed by atoms with Crippen molar-refractivity contribution in [3.8, 4) is 11.8 Å². The molecule has 0 aromatic rings. The molecule has 0 aromatic heterocycles. The fourth-order valence-corrected chi connectivity index (χ4v) is 2.52. The van der Waals surface area contributed by atoms with E-state index < -0.39 is 0 Å². The molecular weight excluding hydrogens is 244 g/mol. The molecule has 19 heavy (non-hydrogen) atoms. The number of rotatable bonds is 2. The Bertz CT molecular complexity index is 398. The van der Waals surface area contributed by atoms with Crippen molar-refractivity contribution in [3.05, 3.63) is 0 Å². The summed E-state index contributed by atoms with van der Waals surface area (Å²) in [6.45, 7) is 6.75. The van der Waals surface area contributed by atoms with Crippen LogP contribution in [0.3, 0.4) is 0 Å². The molecule has 0 bridgehead atoms. The highest BCUT2D eigenvalue weighted by Gasteiger charge is 2.27. The van der Waals surface area contributed by atoms with Crippen molar-refractivity contribution in [1.29, 1.82) is 0 Å². The zero-order chi connectivity index (χ0) is 13.8. The normalized spacial score (nSPS) is 28.4. The first kappa shape index (κ1) is 14.0. The van der Waals surface area contributed by atoms with Crippen LogP contribution in [0.5, 0.6) is 0 Å². The third-order valence-corrected chi connectivity index (χ3v) is 3.31. The van der Waals surface area contributed by atoms with E-state index in [1.54, 1.807) is 0 Å². The Hall–Kier alpha value is -1.38. The van der Waals surface area contributed by atoms with Crippen LogP contribution in [0.1, 0.15) is 26.7 Å². The van der Waals surface area contributed by atoms with E-state index in [-0.39, 0.29) is 30.6 Å². The molecule has 2 fully saturated rings. The van der Waals surface area contributed by atoms with Crippen LogP contribution in [-0.2, 0) is 14.3 Å². The van der Waals surface area contributed by atoms with Gasteiger partial charge in [-0.3, -0.25) is 19.4 Å². The third kappa shape index (κ3) is 3.79. The smallest absolute Gasteiger partial charge is 0.230 e. The first-order valence-electron chi connectivity index (χ1n) is 6.73. The number of nitrogens with zero attached hydrogens (tertiary/aromatic N) is 2. The molecule has 104 valence electrons. The van der Waals surface area contributed by atoms with Crippen molar-refractivity contribution in [2.24, 2.45) is 0 Å². The predicted octanol–water partition coefficient (Wildman–Crippen LogP) is 0.248. The number of ether oxygens (including phenoxy) is 1. The van der Waals surface area contributed by atoms with Crippen molar-refractivity contribution < 1.29 is 14.3 Å². The number of imide groups is 1. The number of hydrogen-bond acceptors (Lipinski definition) is 4. The van der Waals surface area contributed by atoms with Gasteiger partial charge in [-0.2, -0.15) is 0 Å². The maximum atomic E-state index is 11.4. The summed E-state index contributed by atoms with van der Waals surface area (Å²) in [6.07, 6.45) is 1.12. The average Bonchev–Trinajstić information content (AvgIpc) is 2.64. The Morgan fingerprint density at radius 2 is 1.58 bits per heavy atom. The van der Waals surface area contributed by atoms with E-state index in [0.29, 0.717) is 19.4 Å². The minimum absolute atomic E-state index is 0.104. The molecular formula is C14H20N2O3. The summed E-state index contributed by atoms with van der Waals surface area (Å²) in [7, 11) is 0. The van der Waals surface area contributed by atoms with Crippen LogP contribution in [0.25, 0.3) is 0 Å². The summed E-state index contributed by atoms with van der Waals surface area (Å²) in [5, 5.41) is 0. The van der Waals surface area contributed by atoms with Crippen molar-refractivity contribution in [1.82, 2.24) is 9.80 Å². The number of carbonyl (C=O) groups excluding carboxylic acids is 2. The van der Waals surface area contributed by atoms with Gasteiger partial charge >= 0.3 is 0 Å². The van der Waals surface area contributed by atoms with Crippen LogP contribution >= 0.6 is 0 Å². The van der Waals surface area contributed by atoms with Gasteiger partial charge in [-0.15, -0.1) is 0 Å². The maximum absolute atomic E-state index is 11.4. The molecule has 0 spiro atoms. The molecule has 2 aliphatic heterocycles. The van der Waals surface area contributed by atoms with E-state index in [2.05, 4.69) is 30.6 Å². The first-order valence-corrected chi connectivity index (χ1v) is 6.73. The summed E-state index contributed by atoms with van der Waals surface area (Å²) < 4.78 is 5.64. The van der Waals surface area contributed by atoms with Gasteiger partial charge in [0.05, 0.1) is 25.3 Å². The Balaban J connectivity index is 1.78. The first-order chi connectivity index (χ1) is 9.06. The van der Waals surface area contributed by atoms with Crippen LogP contribution in [-0.4, -0.2) is 60.0 Å². The Morgan fingerprint density at radius 1 is 1.05 bits per heavy atom. The molecule has 0 N–H and O–H groups in total. The third-order valence-electron chi connectivity index (χ3n) is 3.31. The number of morpholine rings is 1. The van der Waals surface area contributed by atoms with Crippen LogP contribution in [0.2, 0.25) is 0 Å². The Labute approximate surface area is 113 Å². The highest BCUT2D eigenvalue weighted by Crippen LogP contribution is 2.11. The van der Waals surface area contributed by atoms with E-state index in [0.717, 1.165) is 13.1 Å². The molecule has 0 saturated carbocycles. The standard InChI is InChI=1S/C14H20N2O3/c1-11-9-15(10-12(2)19-11)7-3-4-8-16-13(17)5-6-14(16)18/h11-12H,5-10H2,1-2H3. The summed E-state index contributed by atoms with van der Waals surface area (Å²) in [5.41, 5.74) is 0. The zero-order valence-corrected chi connectivity index (χ0v) is 11.5. The summed E-state index contributed by atoms with van der Waals surface area (Å²) in [6, 6.07) is 0. The van der Waals surface area contributed by atoms with Gasteiger partial charge < -0.3 is 4.74 Å². The zero-order valence-electron chi connectivity index (χ0n) is 11.5. The molecule has 2 aliphatic rings. The topological polar surface area (TPSA) is 49.9 Å². The predicted molar refractivity (Wildman–Crippen MR) is 70.2 cm³/mol. The molecule has 2 saturated heterocycles. The summed E-state index contributed by atoms with van der Waals surface area (Å²) >= 11 is 0. The van der Waals surface area contributed by atoms with Gasteiger partial charge in [-0.1, -0.05) is 11.8 Å². The average molecular weight is 264 g/mol. The lowest BCUT2D eigenvalue weighted by Gasteiger charge is -2.34. The SMILES string of the molecule is CC1CN(CC#CCN2C(=O)CCC2=O)CC(C)O1. The molecule has 0 aromatic carbocycles. The highest BCUT2D eigenvalue weighted by molar-refractivity contribution is 6.02. The minimum atomic E-state index is -0.104. The Morgan fingerprint density at radius 3 is 2.16 bits per heavy atom. The van der Waals surface area contributed by atoms with E-state index in [9.17, 15) is 9.59 Å². The molecule has 5 nitrogen and oxygen atoms in total. The van der Waals surface area contributed by atoms with Gasteiger partial charge in [-0.25, -0.2) is 0 Å². The fraction of sp³-hybridized carbons (Fsp3) is 0.714. The summed E-state index contributed by atoms with van der Waals surface area (Å²) in [5.74, 6) is 5.75. The van der Waals surface area contributed by atoms with Crippen molar-refractivity contribution >= 4 is 11.8 Å². The minimum Gasteiger partial charge on any atom is -0.373 e. The van der Waals surface area contributed by atoms with Gasteiger partial charge in [0.25, 0.3) is 0 Å².